The van der Waals surface area contributed by atoms with Crippen molar-refractivity contribution in [3.05, 3.63) is 69.9 Å². The van der Waals surface area contributed by atoms with Gasteiger partial charge in [-0.05, 0) is 48.4 Å². The SMILES string of the molecule is CCCN1C(=O)C(Nc2ccc(OC(F)(F)F)cc2)=C(c2ccc([N+](=O)[O-])cc2)C1=O. The Labute approximate surface area is 174 Å². The average molecular weight is 435 g/mol. The Morgan fingerprint density at radius 1 is 1.03 bits per heavy atom. The molecule has 1 aliphatic rings. The number of benzene rings is 2. The standard InChI is InChI=1S/C20H16F3N3O5/c1-2-11-25-18(27)16(12-3-7-14(8-4-12)26(29)30)17(19(25)28)24-13-5-9-15(10-6-13)31-20(21,22)23/h3-10,24H,2,11H2,1H3. The van der Waals surface area contributed by atoms with Gasteiger partial charge in [0, 0.05) is 24.4 Å². The van der Waals surface area contributed by atoms with Crippen LogP contribution in [0.1, 0.15) is 18.9 Å². The molecule has 0 aliphatic carbocycles. The first kappa shape index (κ1) is 21.8. The number of halogens is 3. The normalized spacial score (nSPS) is 14.3. The van der Waals surface area contributed by atoms with E-state index in [2.05, 4.69) is 10.1 Å². The summed E-state index contributed by atoms with van der Waals surface area (Å²) < 4.78 is 40.8. The number of nitrogens with zero attached hydrogens (tertiary/aromatic N) is 2. The molecule has 0 atom stereocenters. The van der Waals surface area contributed by atoms with Gasteiger partial charge in [-0.2, -0.15) is 0 Å². The number of carbonyl (C=O) groups is 2. The van der Waals surface area contributed by atoms with E-state index in [1.165, 1.54) is 36.4 Å². The second-order valence-electron chi connectivity index (χ2n) is 6.51. The fourth-order valence-electron chi connectivity index (χ4n) is 3.02. The monoisotopic (exact) mass is 435 g/mol. The third-order valence-corrected chi connectivity index (χ3v) is 4.34. The number of rotatable bonds is 7. The highest BCUT2D eigenvalue weighted by Crippen LogP contribution is 2.32. The molecule has 1 heterocycles. The van der Waals surface area contributed by atoms with Crippen LogP contribution in [0.5, 0.6) is 5.75 Å². The molecule has 0 bridgehead atoms. The Morgan fingerprint density at radius 3 is 2.16 bits per heavy atom. The number of anilines is 1. The summed E-state index contributed by atoms with van der Waals surface area (Å²) in [6.07, 6.45) is -4.32. The van der Waals surface area contributed by atoms with Crippen LogP contribution in [0.3, 0.4) is 0 Å². The number of nitrogens with one attached hydrogen (secondary N) is 1. The number of hydrogen-bond donors (Lipinski definition) is 1. The topological polar surface area (TPSA) is 102 Å². The molecule has 11 heteroatoms. The summed E-state index contributed by atoms with van der Waals surface area (Å²) in [7, 11) is 0. The molecular weight excluding hydrogens is 419 g/mol. The van der Waals surface area contributed by atoms with E-state index in [1.54, 1.807) is 6.92 Å². The Kier molecular flexibility index (Phi) is 5.95. The van der Waals surface area contributed by atoms with Crippen molar-refractivity contribution >= 4 is 28.8 Å². The van der Waals surface area contributed by atoms with Crippen molar-refractivity contribution in [1.82, 2.24) is 4.90 Å². The number of imide groups is 1. The highest BCUT2D eigenvalue weighted by atomic mass is 19.4. The Morgan fingerprint density at radius 2 is 1.65 bits per heavy atom. The van der Waals surface area contributed by atoms with E-state index >= 15 is 0 Å². The molecule has 0 saturated carbocycles. The van der Waals surface area contributed by atoms with Crippen LogP contribution in [-0.2, 0) is 9.59 Å². The van der Waals surface area contributed by atoms with Gasteiger partial charge in [-0.15, -0.1) is 13.2 Å². The second kappa shape index (κ2) is 8.46. The molecule has 0 unspecified atom stereocenters. The predicted octanol–water partition coefficient (Wildman–Crippen LogP) is 4.10. The summed E-state index contributed by atoms with van der Waals surface area (Å²) >= 11 is 0. The van der Waals surface area contributed by atoms with Gasteiger partial charge in [0.25, 0.3) is 17.5 Å². The first-order valence-corrected chi connectivity index (χ1v) is 9.09. The third-order valence-electron chi connectivity index (χ3n) is 4.34. The molecule has 0 radical (unpaired) electrons. The van der Waals surface area contributed by atoms with Crippen LogP contribution in [0, 0.1) is 10.1 Å². The summed E-state index contributed by atoms with van der Waals surface area (Å²) in [6, 6.07) is 9.79. The Hall–Kier alpha value is -3.89. The first-order valence-electron chi connectivity index (χ1n) is 9.09. The van der Waals surface area contributed by atoms with Crippen LogP contribution in [0.4, 0.5) is 24.5 Å². The lowest BCUT2D eigenvalue weighted by Crippen LogP contribution is -2.33. The fraction of sp³-hybridized carbons (Fsp3) is 0.200. The zero-order valence-corrected chi connectivity index (χ0v) is 16.1. The van der Waals surface area contributed by atoms with Gasteiger partial charge in [-0.25, -0.2) is 0 Å². The Bertz CT molecular complexity index is 1050. The van der Waals surface area contributed by atoms with Gasteiger partial charge < -0.3 is 10.1 Å². The molecule has 0 saturated heterocycles. The lowest BCUT2D eigenvalue weighted by atomic mass is 10.0. The molecule has 0 fully saturated rings. The third kappa shape index (κ3) is 4.82. The molecule has 8 nitrogen and oxygen atoms in total. The van der Waals surface area contributed by atoms with E-state index in [1.807, 2.05) is 0 Å². The van der Waals surface area contributed by atoms with Crippen LogP contribution in [0.25, 0.3) is 5.57 Å². The van der Waals surface area contributed by atoms with E-state index in [9.17, 15) is 32.9 Å². The van der Waals surface area contributed by atoms with Crippen LogP contribution in [0.2, 0.25) is 0 Å². The number of nitro benzene ring substituents is 1. The van der Waals surface area contributed by atoms with Crippen molar-refractivity contribution in [1.29, 1.82) is 0 Å². The summed E-state index contributed by atoms with van der Waals surface area (Å²) in [6.45, 7) is 1.95. The van der Waals surface area contributed by atoms with Crippen molar-refractivity contribution in [3.63, 3.8) is 0 Å². The minimum atomic E-state index is -4.84. The maximum atomic E-state index is 12.9. The maximum absolute atomic E-state index is 12.9. The minimum Gasteiger partial charge on any atom is -0.406 e. The van der Waals surface area contributed by atoms with Crippen molar-refractivity contribution in [3.8, 4) is 5.75 Å². The minimum absolute atomic E-state index is 0.0176. The van der Waals surface area contributed by atoms with Crippen molar-refractivity contribution in [2.75, 3.05) is 11.9 Å². The smallest absolute Gasteiger partial charge is 0.406 e. The van der Waals surface area contributed by atoms with Gasteiger partial charge in [0.1, 0.15) is 11.4 Å². The molecular formula is C20H16F3N3O5. The van der Waals surface area contributed by atoms with E-state index in [4.69, 9.17) is 0 Å². The summed E-state index contributed by atoms with van der Waals surface area (Å²) in [5.74, 6) is -1.61. The van der Waals surface area contributed by atoms with Crippen molar-refractivity contribution < 1.29 is 32.4 Å². The van der Waals surface area contributed by atoms with Gasteiger partial charge in [-0.1, -0.05) is 6.92 Å². The van der Waals surface area contributed by atoms with E-state index < -0.39 is 28.8 Å². The van der Waals surface area contributed by atoms with E-state index in [-0.39, 0.29) is 29.2 Å². The zero-order chi connectivity index (χ0) is 22.8. The van der Waals surface area contributed by atoms with Gasteiger partial charge in [-0.3, -0.25) is 24.6 Å². The number of nitro groups is 1. The predicted molar refractivity (Wildman–Crippen MR) is 104 cm³/mol. The van der Waals surface area contributed by atoms with Crippen LogP contribution < -0.4 is 10.1 Å². The quantitative estimate of drug-likeness (QED) is 0.399. The van der Waals surface area contributed by atoms with Crippen LogP contribution >= 0.6 is 0 Å². The van der Waals surface area contributed by atoms with E-state index in [0.29, 0.717) is 12.0 Å². The lowest BCUT2D eigenvalue weighted by molar-refractivity contribution is -0.384. The molecule has 2 amide bonds. The largest absolute Gasteiger partial charge is 0.573 e. The number of ether oxygens (including phenoxy) is 1. The Balaban J connectivity index is 1.96. The highest BCUT2D eigenvalue weighted by molar-refractivity contribution is 6.36. The molecule has 0 spiro atoms. The molecule has 0 aromatic heterocycles. The molecule has 162 valence electrons. The number of non-ortho nitro benzene ring substituents is 1. The molecule has 3 rings (SSSR count). The van der Waals surface area contributed by atoms with Gasteiger partial charge in [0.05, 0.1) is 10.5 Å². The number of hydrogen-bond acceptors (Lipinski definition) is 6. The number of carbonyl (C=O) groups excluding carboxylic acids is 2. The molecule has 31 heavy (non-hydrogen) atoms. The van der Waals surface area contributed by atoms with E-state index in [0.717, 1.165) is 17.0 Å². The molecule has 1 aliphatic heterocycles. The summed E-state index contributed by atoms with van der Waals surface area (Å²) in [5, 5.41) is 13.7. The number of amides is 2. The average Bonchev–Trinajstić information content (AvgIpc) is 2.93. The molecule has 2 aromatic carbocycles. The summed E-state index contributed by atoms with van der Waals surface area (Å²) in [5.41, 5.74) is 0.313. The van der Waals surface area contributed by atoms with Crippen molar-refractivity contribution in [2.24, 2.45) is 0 Å². The molecule has 1 N–H and O–H groups in total. The van der Waals surface area contributed by atoms with Gasteiger partial charge >= 0.3 is 6.36 Å². The highest BCUT2D eigenvalue weighted by Gasteiger charge is 2.39. The lowest BCUT2D eigenvalue weighted by Gasteiger charge is -2.14. The van der Waals surface area contributed by atoms with Crippen LogP contribution in [0.15, 0.2) is 54.2 Å². The zero-order valence-electron chi connectivity index (χ0n) is 16.1. The van der Waals surface area contributed by atoms with Gasteiger partial charge in [0.2, 0.25) is 0 Å². The summed E-state index contributed by atoms with van der Waals surface area (Å²) in [4.78, 5) is 37.0. The van der Waals surface area contributed by atoms with Crippen molar-refractivity contribution in [2.45, 2.75) is 19.7 Å². The fourth-order valence-corrected chi connectivity index (χ4v) is 3.02. The second-order valence-corrected chi connectivity index (χ2v) is 6.51. The molecule has 2 aromatic rings. The number of alkyl halides is 3. The maximum Gasteiger partial charge on any atom is 0.573 e. The first-order chi connectivity index (χ1) is 14.6. The van der Waals surface area contributed by atoms with Crippen LogP contribution in [-0.4, -0.2) is 34.5 Å². The van der Waals surface area contributed by atoms with Gasteiger partial charge in [0.15, 0.2) is 0 Å².